The molecular formula is C8H7N3O2. The van der Waals surface area contributed by atoms with Crippen LogP contribution in [-0.4, -0.2) is 26.3 Å². The molecule has 66 valence electrons. The highest BCUT2D eigenvalue weighted by molar-refractivity contribution is 5.90. The minimum atomic E-state index is -1.02. The van der Waals surface area contributed by atoms with Crippen LogP contribution in [0.3, 0.4) is 0 Å². The van der Waals surface area contributed by atoms with E-state index in [1.807, 2.05) is 0 Å². The van der Waals surface area contributed by atoms with Gasteiger partial charge in [-0.3, -0.25) is 5.10 Å². The molecule has 0 aliphatic rings. The molecular weight excluding hydrogens is 170 g/mol. The van der Waals surface area contributed by atoms with E-state index in [4.69, 9.17) is 5.11 Å². The SMILES string of the molecule is Cc1cc2cn[nH]c2nc1C(=O)O. The van der Waals surface area contributed by atoms with Crippen LogP contribution in [0, 0.1) is 6.92 Å². The molecule has 0 bridgehead atoms. The molecule has 0 unspecified atom stereocenters. The van der Waals surface area contributed by atoms with Crippen molar-refractivity contribution < 1.29 is 9.90 Å². The molecule has 13 heavy (non-hydrogen) atoms. The van der Waals surface area contributed by atoms with Gasteiger partial charge in [0.1, 0.15) is 0 Å². The average Bonchev–Trinajstić information content (AvgIpc) is 2.48. The highest BCUT2D eigenvalue weighted by Gasteiger charge is 2.10. The largest absolute Gasteiger partial charge is 0.477 e. The molecule has 0 amide bonds. The zero-order chi connectivity index (χ0) is 9.42. The van der Waals surface area contributed by atoms with E-state index in [1.165, 1.54) is 0 Å². The van der Waals surface area contributed by atoms with E-state index in [2.05, 4.69) is 15.2 Å². The number of carboxylic acids is 1. The lowest BCUT2D eigenvalue weighted by molar-refractivity contribution is 0.0690. The Morgan fingerprint density at radius 1 is 1.62 bits per heavy atom. The zero-order valence-electron chi connectivity index (χ0n) is 6.90. The maximum atomic E-state index is 10.7. The summed E-state index contributed by atoms with van der Waals surface area (Å²) in [4.78, 5) is 14.6. The molecule has 2 heterocycles. The lowest BCUT2D eigenvalue weighted by atomic mass is 10.2. The van der Waals surface area contributed by atoms with Gasteiger partial charge < -0.3 is 5.11 Å². The maximum Gasteiger partial charge on any atom is 0.354 e. The molecule has 0 atom stereocenters. The Morgan fingerprint density at radius 3 is 3.08 bits per heavy atom. The maximum absolute atomic E-state index is 10.7. The number of H-pyrrole nitrogens is 1. The number of rotatable bonds is 1. The fraction of sp³-hybridized carbons (Fsp3) is 0.125. The van der Waals surface area contributed by atoms with Crippen LogP contribution in [0.2, 0.25) is 0 Å². The van der Waals surface area contributed by atoms with Gasteiger partial charge in [-0.25, -0.2) is 9.78 Å². The highest BCUT2D eigenvalue weighted by atomic mass is 16.4. The second-order valence-corrected chi connectivity index (χ2v) is 2.77. The minimum absolute atomic E-state index is 0.0664. The van der Waals surface area contributed by atoms with Crippen LogP contribution in [0.15, 0.2) is 12.3 Å². The molecule has 2 N–H and O–H groups in total. The number of carboxylic acid groups (broad SMARTS) is 1. The van der Waals surface area contributed by atoms with Crippen molar-refractivity contribution in [2.75, 3.05) is 0 Å². The third-order valence-corrected chi connectivity index (χ3v) is 1.82. The number of aromatic amines is 1. The molecule has 2 aromatic heterocycles. The Bertz CT molecular complexity index is 475. The van der Waals surface area contributed by atoms with Gasteiger partial charge in [0, 0.05) is 5.39 Å². The summed E-state index contributed by atoms with van der Waals surface area (Å²) in [5, 5.41) is 16.0. The first-order chi connectivity index (χ1) is 6.18. The van der Waals surface area contributed by atoms with Crippen LogP contribution >= 0.6 is 0 Å². The number of nitrogens with one attached hydrogen (secondary N) is 1. The van der Waals surface area contributed by atoms with Gasteiger partial charge in [-0.05, 0) is 18.6 Å². The molecule has 0 saturated heterocycles. The number of aromatic carboxylic acids is 1. The summed E-state index contributed by atoms with van der Waals surface area (Å²) < 4.78 is 0. The standard InChI is InChI=1S/C8H7N3O2/c1-4-2-5-3-9-11-7(5)10-6(4)8(12)13/h2-3H,1H3,(H,12,13)(H,9,10,11). The summed E-state index contributed by atoms with van der Waals surface area (Å²) >= 11 is 0. The molecule has 0 saturated carbocycles. The minimum Gasteiger partial charge on any atom is -0.477 e. The number of aryl methyl sites for hydroxylation is 1. The van der Waals surface area contributed by atoms with Gasteiger partial charge in [0.05, 0.1) is 6.20 Å². The van der Waals surface area contributed by atoms with Crippen LogP contribution in [-0.2, 0) is 0 Å². The number of hydrogen-bond acceptors (Lipinski definition) is 3. The van der Waals surface area contributed by atoms with Crippen molar-refractivity contribution >= 4 is 17.0 Å². The van der Waals surface area contributed by atoms with Crippen molar-refractivity contribution in [2.24, 2.45) is 0 Å². The fourth-order valence-corrected chi connectivity index (χ4v) is 1.20. The Labute approximate surface area is 73.4 Å². The topological polar surface area (TPSA) is 78.9 Å². The first kappa shape index (κ1) is 7.72. The van der Waals surface area contributed by atoms with Gasteiger partial charge >= 0.3 is 5.97 Å². The molecule has 0 aliphatic heterocycles. The van der Waals surface area contributed by atoms with Gasteiger partial charge in [-0.1, -0.05) is 0 Å². The molecule has 2 rings (SSSR count). The van der Waals surface area contributed by atoms with Crippen LogP contribution in [0.1, 0.15) is 16.1 Å². The molecule has 5 heteroatoms. The monoisotopic (exact) mass is 177 g/mol. The normalized spacial score (nSPS) is 10.5. The molecule has 5 nitrogen and oxygen atoms in total. The summed E-state index contributed by atoms with van der Waals surface area (Å²) in [6, 6.07) is 1.75. The van der Waals surface area contributed by atoms with E-state index < -0.39 is 5.97 Å². The lowest BCUT2D eigenvalue weighted by Crippen LogP contribution is -2.03. The number of pyridine rings is 1. The van der Waals surface area contributed by atoms with Gasteiger partial charge in [0.25, 0.3) is 0 Å². The van der Waals surface area contributed by atoms with Crippen molar-refractivity contribution in [3.8, 4) is 0 Å². The third kappa shape index (κ3) is 1.14. The Kier molecular flexibility index (Phi) is 1.51. The van der Waals surface area contributed by atoms with Crippen LogP contribution in [0.4, 0.5) is 0 Å². The predicted octanol–water partition coefficient (Wildman–Crippen LogP) is 0.965. The fourth-order valence-electron chi connectivity index (χ4n) is 1.20. The van der Waals surface area contributed by atoms with E-state index in [1.54, 1.807) is 19.2 Å². The van der Waals surface area contributed by atoms with Crippen LogP contribution in [0.25, 0.3) is 11.0 Å². The quantitative estimate of drug-likeness (QED) is 0.680. The summed E-state index contributed by atoms with van der Waals surface area (Å²) in [6.07, 6.45) is 1.61. The summed E-state index contributed by atoms with van der Waals surface area (Å²) in [5.41, 5.74) is 1.21. The van der Waals surface area contributed by atoms with E-state index in [0.717, 1.165) is 5.39 Å². The van der Waals surface area contributed by atoms with Crippen molar-refractivity contribution in [1.29, 1.82) is 0 Å². The third-order valence-electron chi connectivity index (χ3n) is 1.82. The second-order valence-electron chi connectivity index (χ2n) is 2.77. The predicted molar refractivity (Wildman–Crippen MR) is 45.6 cm³/mol. The lowest BCUT2D eigenvalue weighted by Gasteiger charge is -1.98. The first-order valence-corrected chi connectivity index (χ1v) is 3.72. The Balaban J connectivity index is 2.76. The summed E-state index contributed by atoms with van der Waals surface area (Å²) in [6.45, 7) is 1.71. The summed E-state index contributed by atoms with van der Waals surface area (Å²) in [5.74, 6) is -1.02. The highest BCUT2D eigenvalue weighted by Crippen LogP contribution is 2.13. The summed E-state index contributed by atoms with van der Waals surface area (Å²) in [7, 11) is 0. The van der Waals surface area contributed by atoms with E-state index in [-0.39, 0.29) is 5.69 Å². The van der Waals surface area contributed by atoms with Gasteiger partial charge in [0.2, 0.25) is 0 Å². The molecule has 0 radical (unpaired) electrons. The molecule has 0 fully saturated rings. The first-order valence-electron chi connectivity index (χ1n) is 3.72. The Hall–Kier alpha value is -1.91. The van der Waals surface area contributed by atoms with Gasteiger partial charge in [-0.15, -0.1) is 0 Å². The smallest absolute Gasteiger partial charge is 0.354 e. The van der Waals surface area contributed by atoms with Crippen molar-refractivity contribution in [1.82, 2.24) is 15.2 Å². The van der Waals surface area contributed by atoms with Gasteiger partial charge in [-0.2, -0.15) is 5.10 Å². The van der Waals surface area contributed by atoms with E-state index in [0.29, 0.717) is 11.2 Å². The van der Waals surface area contributed by atoms with Crippen LogP contribution in [0.5, 0.6) is 0 Å². The zero-order valence-corrected chi connectivity index (χ0v) is 6.90. The second kappa shape index (κ2) is 2.55. The number of carbonyl (C=O) groups is 1. The van der Waals surface area contributed by atoms with Gasteiger partial charge in [0.15, 0.2) is 11.3 Å². The van der Waals surface area contributed by atoms with E-state index in [9.17, 15) is 4.79 Å². The van der Waals surface area contributed by atoms with Crippen LogP contribution < -0.4 is 0 Å². The van der Waals surface area contributed by atoms with Crippen molar-refractivity contribution in [2.45, 2.75) is 6.92 Å². The van der Waals surface area contributed by atoms with Crippen molar-refractivity contribution in [3.63, 3.8) is 0 Å². The number of fused-ring (bicyclic) bond motifs is 1. The number of hydrogen-bond donors (Lipinski definition) is 2. The Morgan fingerprint density at radius 2 is 2.38 bits per heavy atom. The number of nitrogens with zero attached hydrogens (tertiary/aromatic N) is 2. The number of aromatic nitrogens is 3. The van der Waals surface area contributed by atoms with Crippen molar-refractivity contribution in [3.05, 3.63) is 23.5 Å². The average molecular weight is 177 g/mol. The molecule has 0 aliphatic carbocycles. The molecule has 0 aromatic carbocycles. The molecule has 2 aromatic rings. The molecule has 0 spiro atoms. The van der Waals surface area contributed by atoms with E-state index >= 15 is 0 Å².